The van der Waals surface area contributed by atoms with Gasteiger partial charge in [0.1, 0.15) is 0 Å². The van der Waals surface area contributed by atoms with E-state index in [2.05, 4.69) is 22.2 Å². The largest absolute Gasteiger partial charge is 0.184 e. The first-order chi connectivity index (χ1) is 25.9. The predicted molar refractivity (Wildman–Crippen MR) is 236 cm³/mol. The van der Waals surface area contributed by atoms with Crippen LogP contribution in [0.4, 0.5) is 0 Å². The molecule has 300 valence electrons. The second-order valence-electron chi connectivity index (χ2n) is 18.0. The van der Waals surface area contributed by atoms with Gasteiger partial charge in [0.2, 0.25) is 0 Å². The summed E-state index contributed by atoms with van der Waals surface area (Å²) in [7, 11) is 4.48. The molecule has 0 nitrogen and oxygen atoms in total. The summed E-state index contributed by atoms with van der Waals surface area (Å²) in [4.78, 5) is 0. The van der Waals surface area contributed by atoms with Crippen LogP contribution in [0.1, 0.15) is 225 Å². The molecule has 0 heterocycles. The maximum Gasteiger partial charge on any atom is -0.171 e. The first-order valence-electron chi connectivity index (χ1n) is 23.5. The Balaban J connectivity index is 0.000000171. The van der Waals surface area contributed by atoms with E-state index in [9.17, 15) is 0 Å². The molecule has 0 N–H and O–H groups in total. The fraction of sp³-hybridized carbons (Fsp3) is 0.854. The molecular formula is C48H84ClP2Ru+. The van der Waals surface area contributed by atoms with Crippen LogP contribution in [-0.4, -0.2) is 34.0 Å². The minimum atomic E-state index is -0.0465. The summed E-state index contributed by atoms with van der Waals surface area (Å²) in [5, 5.41) is 0. The summed E-state index contributed by atoms with van der Waals surface area (Å²) < 4.78 is 0. The van der Waals surface area contributed by atoms with E-state index in [4.69, 9.17) is 0 Å². The third-order valence-corrected chi connectivity index (χ3v) is 23.5. The van der Waals surface area contributed by atoms with Gasteiger partial charge in [-0.3, -0.25) is 0 Å². The van der Waals surface area contributed by atoms with Gasteiger partial charge in [0, 0.05) is 15.8 Å². The van der Waals surface area contributed by atoms with Crippen LogP contribution >= 0.6 is 25.5 Å². The van der Waals surface area contributed by atoms with E-state index >= 15 is 0 Å². The van der Waals surface area contributed by atoms with Gasteiger partial charge >= 0.3 is 27.0 Å². The molecule has 7 aliphatic carbocycles. The maximum absolute atomic E-state index is 4.57. The number of hydrogen-bond donors (Lipinski definition) is 0. The van der Waals surface area contributed by atoms with Crippen molar-refractivity contribution in [1.82, 2.24) is 0 Å². The zero-order chi connectivity index (χ0) is 36.3. The summed E-state index contributed by atoms with van der Waals surface area (Å²) in [5.41, 5.74) is 7.36. The van der Waals surface area contributed by atoms with Crippen molar-refractivity contribution >= 4 is 25.5 Å². The number of halogens is 1. The Bertz CT molecular complexity index is 728. The van der Waals surface area contributed by atoms with Crippen molar-refractivity contribution < 1.29 is 17.3 Å². The Morgan fingerprint density at radius 2 is 0.577 bits per heavy atom. The maximum atomic E-state index is 4.57. The fourth-order valence-corrected chi connectivity index (χ4v) is 22.3. The quantitative estimate of drug-likeness (QED) is 0.152. The Morgan fingerprint density at radius 3 is 0.712 bits per heavy atom. The first-order valence-corrected chi connectivity index (χ1v) is 29.2. The Labute approximate surface area is 342 Å². The molecule has 0 saturated heterocycles. The van der Waals surface area contributed by atoms with E-state index in [1.807, 2.05) is 47.6 Å². The summed E-state index contributed by atoms with van der Waals surface area (Å²) >= 11 is 1.82. The van der Waals surface area contributed by atoms with Crippen LogP contribution in [0.25, 0.3) is 0 Å². The average molecular weight is 860 g/mol. The SMILES string of the molecule is C1CCC([PH+](C2CCCCC2)C2CCCCC2)CC1.C1CCC([PH+](C2CCCCC2)C2CCCCC2)CC1.[CH-]1CCCCC1.[Cl][Ru+].[c-]1ccccc1. The first kappa shape index (κ1) is 45.7. The van der Waals surface area contributed by atoms with Crippen LogP contribution in [-0.2, 0) is 17.3 Å². The smallest absolute Gasteiger partial charge is 0.171 e. The molecule has 0 aromatic heterocycles. The van der Waals surface area contributed by atoms with Crippen molar-refractivity contribution in [2.75, 3.05) is 0 Å². The molecular weight excluding hydrogens is 775 g/mol. The summed E-state index contributed by atoms with van der Waals surface area (Å²) in [6.45, 7) is 0. The van der Waals surface area contributed by atoms with Crippen molar-refractivity contribution in [2.24, 2.45) is 0 Å². The van der Waals surface area contributed by atoms with Crippen LogP contribution in [0.15, 0.2) is 30.3 Å². The molecule has 0 amide bonds. The van der Waals surface area contributed by atoms with Crippen LogP contribution in [0.2, 0.25) is 0 Å². The minimum Gasteiger partial charge on any atom is -0.184 e. The van der Waals surface area contributed by atoms with Crippen LogP contribution in [0.3, 0.4) is 0 Å². The van der Waals surface area contributed by atoms with Crippen molar-refractivity contribution in [2.45, 2.75) is 259 Å². The molecule has 7 fully saturated rings. The molecule has 1 aromatic carbocycles. The Morgan fingerprint density at radius 1 is 0.346 bits per heavy atom. The zero-order valence-electron chi connectivity index (χ0n) is 33.9. The molecule has 1 aromatic rings. The van der Waals surface area contributed by atoms with Gasteiger partial charge in [-0.05, 0) is 154 Å². The number of hydrogen-bond acceptors (Lipinski definition) is 0. The molecule has 0 unspecified atom stereocenters. The van der Waals surface area contributed by atoms with Gasteiger partial charge in [0.25, 0.3) is 0 Å². The summed E-state index contributed by atoms with van der Waals surface area (Å²) in [5.74, 6) is 0. The van der Waals surface area contributed by atoms with E-state index in [1.165, 1.54) is 66.1 Å². The third-order valence-electron chi connectivity index (χ3n) is 14.4. The van der Waals surface area contributed by atoms with Crippen LogP contribution in [0.5, 0.6) is 0 Å². The molecule has 4 heteroatoms. The topological polar surface area (TPSA) is 0 Å². The summed E-state index contributed by atoms with van der Waals surface area (Å²) in [6.07, 6.45) is 57.1. The third kappa shape index (κ3) is 17.6. The molecule has 7 aliphatic rings. The molecule has 52 heavy (non-hydrogen) atoms. The molecule has 0 radical (unpaired) electrons. The second-order valence-corrected chi connectivity index (χ2v) is 24.9. The Kier molecular flexibility index (Phi) is 26.5. The van der Waals surface area contributed by atoms with E-state index in [-0.39, 0.29) is 15.8 Å². The van der Waals surface area contributed by atoms with Gasteiger partial charge in [-0.15, -0.1) is 0 Å². The van der Waals surface area contributed by atoms with Gasteiger partial charge < -0.3 is 6.42 Å². The van der Waals surface area contributed by atoms with Gasteiger partial charge in [0.15, 0.2) is 0 Å². The van der Waals surface area contributed by atoms with Crippen molar-refractivity contribution in [3.63, 3.8) is 0 Å². The minimum absolute atomic E-state index is 0.0465. The monoisotopic (exact) mass is 859 g/mol. The summed E-state index contributed by atoms with van der Waals surface area (Å²) in [6, 6.07) is 12.5. The van der Waals surface area contributed by atoms with Crippen LogP contribution in [0, 0.1) is 12.5 Å². The van der Waals surface area contributed by atoms with Gasteiger partial charge in [-0.25, -0.2) is 0 Å². The molecule has 0 spiro atoms. The predicted octanol–water partition coefficient (Wildman–Crippen LogP) is 16.7. The van der Waals surface area contributed by atoms with Crippen molar-refractivity contribution in [3.05, 3.63) is 42.8 Å². The molecule has 0 bridgehead atoms. The normalized spacial score (nSPS) is 24.9. The van der Waals surface area contributed by atoms with Gasteiger partial charge in [0.05, 0.1) is 34.0 Å². The molecule has 0 atom stereocenters. The van der Waals surface area contributed by atoms with E-state index in [0.29, 0.717) is 0 Å². The standard InChI is InChI=1S/2C18H33P.C6H11.C6H5.ClH.Ru/c2*1-4-10-16(11-5-1)19(17-12-6-2-7-13-17)18-14-8-3-9-15-18;2*1-2-4-6-5-3-1;;/h2*16-18H,1-15H2;1H,2-6H2;1-5H;1H;/q;;2*-1;;+2/p+1. The van der Waals surface area contributed by atoms with Crippen molar-refractivity contribution in [3.8, 4) is 0 Å². The van der Waals surface area contributed by atoms with Gasteiger partial charge in [-0.2, -0.15) is 49.2 Å². The van der Waals surface area contributed by atoms with Gasteiger partial charge in [-0.1, -0.05) is 57.8 Å². The number of benzene rings is 1. The zero-order valence-corrected chi connectivity index (χ0v) is 38.4. The molecule has 0 aliphatic heterocycles. The fourth-order valence-electron chi connectivity index (χ4n) is 11.9. The molecule has 8 rings (SSSR count). The van der Waals surface area contributed by atoms with Crippen molar-refractivity contribution in [1.29, 1.82) is 0 Å². The van der Waals surface area contributed by atoms with E-state index < -0.39 is 0 Å². The Hall–Kier alpha value is 0.993. The van der Waals surface area contributed by atoms with Crippen LogP contribution < -0.4 is 0 Å². The second kappa shape index (κ2) is 30.1. The van der Waals surface area contributed by atoms with E-state index in [0.717, 1.165) is 0 Å². The number of rotatable bonds is 6. The molecule has 7 saturated carbocycles. The van der Waals surface area contributed by atoms with E-state index in [1.54, 1.807) is 193 Å². The average Bonchev–Trinajstić information content (AvgIpc) is 3.26.